The molecule has 1 aromatic carbocycles. The Balaban J connectivity index is 0.000000371. The van der Waals surface area contributed by atoms with Gasteiger partial charge in [-0.1, -0.05) is 46.8 Å². The van der Waals surface area contributed by atoms with Gasteiger partial charge in [0, 0.05) is 0 Å². The zero-order valence-corrected chi connectivity index (χ0v) is 13.4. The Morgan fingerprint density at radius 3 is 2.11 bits per heavy atom. The number of hydrogen-bond acceptors (Lipinski definition) is 0. The molecule has 2 aliphatic rings. The van der Waals surface area contributed by atoms with E-state index in [1.807, 2.05) is 27.7 Å². The molecule has 0 saturated heterocycles. The summed E-state index contributed by atoms with van der Waals surface area (Å²) >= 11 is 0. The van der Waals surface area contributed by atoms with Crippen molar-refractivity contribution in [3.8, 4) is 0 Å². The summed E-state index contributed by atoms with van der Waals surface area (Å²) in [5, 5.41) is 0. The first-order valence-corrected chi connectivity index (χ1v) is 7.72. The van der Waals surface area contributed by atoms with Gasteiger partial charge < -0.3 is 0 Å². The summed E-state index contributed by atoms with van der Waals surface area (Å²) in [6.07, 6.45) is 4.25. The lowest BCUT2D eigenvalue weighted by Gasteiger charge is -2.27. The van der Waals surface area contributed by atoms with Crippen LogP contribution in [0.5, 0.6) is 0 Å². The summed E-state index contributed by atoms with van der Waals surface area (Å²) < 4.78 is 0. The topological polar surface area (TPSA) is 0 Å². The highest BCUT2D eigenvalue weighted by Crippen LogP contribution is 2.58. The molecule has 0 N–H and O–H groups in total. The predicted molar refractivity (Wildman–Crippen MR) is 82.6 cm³/mol. The van der Waals surface area contributed by atoms with Crippen molar-refractivity contribution < 1.29 is 0 Å². The molecule has 0 spiro atoms. The van der Waals surface area contributed by atoms with Crippen LogP contribution in [0, 0.1) is 13.8 Å². The van der Waals surface area contributed by atoms with Crippen LogP contribution in [-0.4, -0.2) is 0 Å². The fourth-order valence-electron chi connectivity index (χ4n) is 3.87. The summed E-state index contributed by atoms with van der Waals surface area (Å²) in [6.45, 7) is 15.0. The Labute approximate surface area is 114 Å². The molecular formula is C18H30. The summed E-state index contributed by atoms with van der Waals surface area (Å²) in [4.78, 5) is 0. The molecule has 2 unspecified atom stereocenters. The molecule has 2 bridgehead atoms. The average molecular weight is 246 g/mol. The molecule has 1 saturated carbocycles. The Morgan fingerprint density at radius 1 is 1.00 bits per heavy atom. The van der Waals surface area contributed by atoms with Gasteiger partial charge in [-0.05, 0) is 66.7 Å². The SMILES string of the molecule is CC.CC.Cc1ccc(C)c2c1C1CCC2(C)C1. The van der Waals surface area contributed by atoms with E-state index >= 15 is 0 Å². The first kappa shape index (κ1) is 15.3. The van der Waals surface area contributed by atoms with E-state index in [1.165, 1.54) is 30.4 Å². The minimum absolute atomic E-state index is 0.524. The van der Waals surface area contributed by atoms with Gasteiger partial charge in [-0.2, -0.15) is 0 Å². The van der Waals surface area contributed by atoms with E-state index in [2.05, 4.69) is 32.9 Å². The summed E-state index contributed by atoms with van der Waals surface area (Å²) in [5.41, 5.74) is 6.98. The van der Waals surface area contributed by atoms with Gasteiger partial charge in [0.15, 0.2) is 0 Å². The van der Waals surface area contributed by atoms with Crippen LogP contribution in [0.4, 0.5) is 0 Å². The van der Waals surface area contributed by atoms with Crippen LogP contribution >= 0.6 is 0 Å². The first-order chi connectivity index (χ1) is 8.62. The molecule has 0 nitrogen and oxygen atoms in total. The van der Waals surface area contributed by atoms with E-state index in [4.69, 9.17) is 0 Å². The number of aryl methyl sites for hydroxylation is 2. The molecule has 2 aliphatic carbocycles. The summed E-state index contributed by atoms with van der Waals surface area (Å²) in [7, 11) is 0. The number of hydrogen-bond donors (Lipinski definition) is 0. The van der Waals surface area contributed by atoms with Gasteiger partial charge in [0.05, 0.1) is 0 Å². The molecule has 0 amide bonds. The molecule has 18 heavy (non-hydrogen) atoms. The van der Waals surface area contributed by atoms with E-state index in [-0.39, 0.29) is 0 Å². The maximum Gasteiger partial charge on any atom is -0.00637 e. The van der Waals surface area contributed by atoms with Crippen molar-refractivity contribution >= 4 is 0 Å². The van der Waals surface area contributed by atoms with Gasteiger partial charge in [-0.25, -0.2) is 0 Å². The highest BCUT2D eigenvalue weighted by atomic mass is 14.5. The van der Waals surface area contributed by atoms with Gasteiger partial charge in [0.25, 0.3) is 0 Å². The number of fused-ring (bicyclic) bond motifs is 5. The molecule has 0 heterocycles. The van der Waals surface area contributed by atoms with Crippen LogP contribution in [-0.2, 0) is 5.41 Å². The highest BCUT2D eigenvalue weighted by molar-refractivity contribution is 5.52. The third kappa shape index (κ3) is 2.22. The lowest BCUT2D eigenvalue weighted by Crippen LogP contribution is -2.17. The smallest absolute Gasteiger partial charge is 0.00637 e. The van der Waals surface area contributed by atoms with E-state index in [0.29, 0.717) is 5.41 Å². The second-order valence-electron chi connectivity index (χ2n) is 5.49. The van der Waals surface area contributed by atoms with Gasteiger partial charge >= 0.3 is 0 Å². The molecule has 0 heteroatoms. The van der Waals surface area contributed by atoms with Gasteiger partial charge in [0.2, 0.25) is 0 Å². The third-order valence-electron chi connectivity index (χ3n) is 4.43. The van der Waals surface area contributed by atoms with Crippen molar-refractivity contribution in [2.24, 2.45) is 0 Å². The van der Waals surface area contributed by atoms with Crippen LogP contribution in [0.2, 0.25) is 0 Å². The average Bonchev–Trinajstić information content (AvgIpc) is 2.93. The third-order valence-corrected chi connectivity index (χ3v) is 4.43. The van der Waals surface area contributed by atoms with Crippen LogP contribution in [0.25, 0.3) is 0 Å². The summed E-state index contributed by atoms with van der Waals surface area (Å²) in [5.74, 6) is 0.884. The molecule has 2 atom stereocenters. The fraction of sp³-hybridized carbons (Fsp3) is 0.667. The van der Waals surface area contributed by atoms with Crippen molar-refractivity contribution in [3.63, 3.8) is 0 Å². The van der Waals surface area contributed by atoms with Crippen LogP contribution in [0.15, 0.2) is 12.1 Å². The van der Waals surface area contributed by atoms with E-state index in [0.717, 1.165) is 5.92 Å². The normalized spacial score (nSPS) is 26.7. The van der Waals surface area contributed by atoms with Crippen LogP contribution in [0.3, 0.4) is 0 Å². The fourth-order valence-corrected chi connectivity index (χ4v) is 3.87. The molecule has 102 valence electrons. The van der Waals surface area contributed by atoms with E-state index in [1.54, 1.807) is 11.1 Å². The van der Waals surface area contributed by atoms with Gasteiger partial charge in [-0.3, -0.25) is 0 Å². The van der Waals surface area contributed by atoms with Crippen LogP contribution < -0.4 is 0 Å². The van der Waals surface area contributed by atoms with E-state index in [9.17, 15) is 0 Å². The van der Waals surface area contributed by atoms with Gasteiger partial charge in [0.1, 0.15) is 0 Å². The molecule has 1 fully saturated rings. The van der Waals surface area contributed by atoms with Crippen molar-refractivity contribution in [1.29, 1.82) is 0 Å². The van der Waals surface area contributed by atoms with Crippen molar-refractivity contribution in [2.45, 2.75) is 79.1 Å². The highest BCUT2D eigenvalue weighted by Gasteiger charge is 2.46. The molecule has 3 rings (SSSR count). The minimum atomic E-state index is 0.524. The quantitative estimate of drug-likeness (QED) is 0.535. The molecular weight excluding hydrogens is 216 g/mol. The maximum absolute atomic E-state index is 2.46. The molecule has 0 radical (unpaired) electrons. The molecule has 1 aromatic rings. The number of benzene rings is 1. The standard InChI is InChI=1S/C14H18.2C2H6/c1-9-4-5-10(2)13-12(9)11-6-7-14(13,3)8-11;2*1-2/h4-5,11H,6-8H2,1-3H3;2*1-2H3. The van der Waals surface area contributed by atoms with Crippen molar-refractivity contribution in [2.75, 3.05) is 0 Å². The van der Waals surface area contributed by atoms with E-state index < -0.39 is 0 Å². The zero-order chi connectivity index (χ0) is 13.9. The Hall–Kier alpha value is -0.780. The number of rotatable bonds is 0. The Kier molecular flexibility index (Phi) is 5.01. The lowest BCUT2D eigenvalue weighted by atomic mass is 9.77. The van der Waals surface area contributed by atoms with Crippen molar-refractivity contribution in [1.82, 2.24) is 0 Å². The predicted octanol–water partition coefficient (Wildman–Crippen LogP) is 5.89. The molecule has 0 aliphatic heterocycles. The lowest BCUT2D eigenvalue weighted by molar-refractivity contribution is 0.502. The second-order valence-corrected chi connectivity index (χ2v) is 5.49. The Bertz CT molecular complexity index is 403. The largest absolute Gasteiger partial charge is 0.0683 e. The van der Waals surface area contributed by atoms with Gasteiger partial charge in [-0.15, -0.1) is 0 Å². The Morgan fingerprint density at radius 2 is 1.56 bits per heavy atom. The maximum atomic E-state index is 2.46. The zero-order valence-electron chi connectivity index (χ0n) is 13.4. The minimum Gasteiger partial charge on any atom is -0.0683 e. The van der Waals surface area contributed by atoms with Crippen LogP contribution in [0.1, 0.15) is 82.1 Å². The second kappa shape index (κ2) is 5.91. The van der Waals surface area contributed by atoms with Crippen molar-refractivity contribution in [3.05, 3.63) is 34.4 Å². The first-order valence-electron chi connectivity index (χ1n) is 7.72. The summed E-state index contributed by atoms with van der Waals surface area (Å²) in [6, 6.07) is 4.61. The molecule has 0 aromatic heterocycles. The monoisotopic (exact) mass is 246 g/mol.